The molecule has 0 aliphatic heterocycles. The number of hydrogen-bond acceptors (Lipinski definition) is 0. The van der Waals surface area contributed by atoms with Gasteiger partial charge in [-0.25, -0.2) is 0 Å². The summed E-state index contributed by atoms with van der Waals surface area (Å²) in [7, 11) is 0. The topological polar surface area (TPSA) is 0 Å². The van der Waals surface area contributed by atoms with Crippen molar-refractivity contribution in [1.82, 2.24) is 0 Å². The molecule has 0 saturated carbocycles. The molecular weight excluding hydrogens is 363 g/mol. The summed E-state index contributed by atoms with van der Waals surface area (Å²) in [5.41, 5.74) is 0. The van der Waals surface area contributed by atoms with Gasteiger partial charge in [-0.2, -0.15) is 0 Å². The van der Waals surface area contributed by atoms with E-state index in [0.717, 1.165) is 0 Å². The molecule has 0 unspecified atom stereocenters. The van der Waals surface area contributed by atoms with Crippen molar-refractivity contribution in [3.8, 4) is 0 Å². The maximum atomic E-state index is 2.37. The van der Waals surface area contributed by atoms with Gasteiger partial charge in [0.05, 0.1) is 0 Å². The molecule has 0 heterocycles. The Bertz CT molecular complexity index is 638. The van der Waals surface area contributed by atoms with E-state index in [1.54, 1.807) is 13.1 Å². The molecule has 3 rings (SSSR count). The van der Waals surface area contributed by atoms with Crippen molar-refractivity contribution in [3.63, 3.8) is 0 Å². The van der Waals surface area contributed by atoms with Crippen molar-refractivity contribution in [2.45, 2.75) is 37.8 Å². The first-order valence-corrected chi connectivity index (χ1v) is 13.6. The van der Waals surface area contributed by atoms with Gasteiger partial charge < -0.3 is 0 Å². The Morgan fingerprint density at radius 3 is 1.28 bits per heavy atom. The summed E-state index contributed by atoms with van der Waals surface area (Å²) in [5.74, 6) is 0. The monoisotopic (exact) mass is 391 g/mol. The van der Waals surface area contributed by atoms with Gasteiger partial charge in [0.25, 0.3) is 0 Å². The van der Waals surface area contributed by atoms with E-state index in [-0.39, 0.29) is 0 Å². The van der Waals surface area contributed by atoms with E-state index in [1.807, 2.05) is 0 Å². The number of unbranched alkanes of at least 4 members (excludes halogenated alkanes) is 3. The fourth-order valence-corrected chi connectivity index (χ4v) is 12.9. The average molecular weight is 391 g/mol. The first-order chi connectivity index (χ1) is 12.4. The molecule has 0 saturated heterocycles. The molecule has 3 aromatic carbocycles. The van der Waals surface area contributed by atoms with Gasteiger partial charge in [-0.3, -0.25) is 0 Å². The Labute approximate surface area is 155 Å². The standard InChI is InChI=1S/C24H28As/c1-2-3-4-14-21-25(22-15-8-5-9-16-22,23-17-10-6-11-18-23)24-19-12-7-13-20-24/h5-13,15-20H,2-4,14,21H2,1H3/q+1. The fourth-order valence-electron chi connectivity index (χ4n) is 3.66. The van der Waals surface area contributed by atoms with E-state index in [1.165, 1.54) is 30.9 Å². The Kier molecular flexibility index (Phi) is 6.54. The second-order valence-electron chi connectivity index (χ2n) is 6.60. The Morgan fingerprint density at radius 1 is 0.520 bits per heavy atom. The summed E-state index contributed by atoms with van der Waals surface area (Å²) >= 11 is -2.43. The number of benzene rings is 3. The molecule has 3 aromatic rings. The zero-order valence-electron chi connectivity index (χ0n) is 15.1. The minimum absolute atomic E-state index is 1.29. The second kappa shape index (κ2) is 9.07. The fraction of sp³-hybridized carbons (Fsp3) is 0.250. The van der Waals surface area contributed by atoms with E-state index in [9.17, 15) is 0 Å². The third kappa shape index (κ3) is 4.07. The molecule has 0 aliphatic carbocycles. The Morgan fingerprint density at radius 2 is 0.920 bits per heavy atom. The van der Waals surface area contributed by atoms with Crippen LogP contribution in [0.2, 0.25) is 5.21 Å². The molecular formula is C24H28As+. The average Bonchev–Trinajstić information content (AvgIpc) is 2.70. The van der Waals surface area contributed by atoms with Crippen LogP contribution in [-0.2, 0) is 0 Å². The van der Waals surface area contributed by atoms with Gasteiger partial charge in [-0.05, 0) is 0 Å². The van der Waals surface area contributed by atoms with Crippen molar-refractivity contribution >= 4 is 26.6 Å². The maximum absolute atomic E-state index is 2.43. The predicted octanol–water partition coefficient (Wildman–Crippen LogP) is 4.74. The van der Waals surface area contributed by atoms with Crippen LogP contribution in [0.5, 0.6) is 0 Å². The van der Waals surface area contributed by atoms with Gasteiger partial charge in [-0.15, -0.1) is 0 Å². The second-order valence-corrected chi connectivity index (χ2v) is 14.2. The summed E-state index contributed by atoms with van der Waals surface area (Å²) < 4.78 is 4.69. The van der Waals surface area contributed by atoms with Crippen LogP contribution in [0.1, 0.15) is 32.6 Å². The van der Waals surface area contributed by atoms with Crippen molar-refractivity contribution in [2.24, 2.45) is 0 Å². The van der Waals surface area contributed by atoms with Crippen LogP contribution < -0.4 is 13.1 Å². The van der Waals surface area contributed by atoms with E-state index < -0.39 is 13.6 Å². The van der Waals surface area contributed by atoms with E-state index in [4.69, 9.17) is 0 Å². The first-order valence-electron chi connectivity index (χ1n) is 9.43. The van der Waals surface area contributed by atoms with Crippen molar-refractivity contribution in [2.75, 3.05) is 0 Å². The first kappa shape index (κ1) is 18.0. The normalized spacial score (nSPS) is 11.4. The van der Waals surface area contributed by atoms with E-state index >= 15 is 0 Å². The van der Waals surface area contributed by atoms with E-state index in [2.05, 4.69) is 97.9 Å². The summed E-state index contributed by atoms with van der Waals surface area (Å²) in [6.45, 7) is 2.29. The van der Waals surface area contributed by atoms with Gasteiger partial charge in [0.1, 0.15) is 0 Å². The zero-order valence-corrected chi connectivity index (χ0v) is 17.0. The van der Waals surface area contributed by atoms with Crippen LogP contribution in [0.4, 0.5) is 0 Å². The summed E-state index contributed by atoms with van der Waals surface area (Å²) in [6.07, 6.45) is 5.29. The van der Waals surface area contributed by atoms with Gasteiger partial charge >= 0.3 is 155 Å². The molecule has 0 atom stereocenters. The van der Waals surface area contributed by atoms with Crippen molar-refractivity contribution in [3.05, 3.63) is 91.0 Å². The number of rotatable bonds is 8. The van der Waals surface area contributed by atoms with Crippen LogP contribution in [0.25, 0.3) is 0 Å². The SMILES string of the molecule is CCCCCC[As+](c1ccccc1)(c1ccccc1)c1ccccc1. The third-order valence-electron chi connectivity index (χ3n) is 4.94. The van der Waals surface area contributed by atoms with Gasteiger partial charge in [0.2, 0.25) is 0 Å². The van der Waals surface area contributed by atoms with Crippen LogP contribution in [0.3, 0.4) is 0 Å². The molecule has 128 valence electrons. The third-order valence-corrected chi connectivity index (χ3v) is 14.4. The van der Waals surface area contributed by atoms with E-state index in [0.29, 0.717) is 0 Å². The molecule has 25 heavy (non-hydrogen) atoms. The molecule has 0 nitrogen and oxygen atoms in total. The van der Waals surface area contributed by atoms with Crippen LogP contribution in [0, 0.1) is 0 Å². The van der Waals surface area contributed by atoms with Gasteiger partial charge in [0, 0.05) is 0 Å². The van der Waals surface area contributed by atoms with Crippen LogP contribution in [0.15, 0.2) is 91.0 Å². The molecule has 0 aliphatic rings. The van der Waals surface area contributed by atoms with Crippen LogP contribution in [-0.4, -0.2) is 13.6 Å². The molecule has 1 heteroatoms. The van der Waals surface area contributed by atoms with Gasteiger partial charge in [0.15, 0.2) is 0 Å². The summed E-state index contributed by atoms with van der Waals surface area (Å²) in [5, 5.41) is 1.32. The molecule has 0 N–H and O–H groups in total. The van der Waals surface area contributed by atoms with Crippen molar-refractivity contribution < 1.29 is 0 Å². The summed E-state index contributed by atoms with van der Waals surface area (Å²) in [4.78, 5) is 0. The zero-order chi connectivity index (χ0) is 17.4. The Hall–Kier alpha value is -1.78. The number of hydrogen-bond donors (Lipinski definition) is 0. The minimum atomic E-state index is -2.43. The molecule has 0 fully saturated rings. The molecule has 0 aromatic heterocycles. The Balaban J connectivity index is 2.13. The quantitative estimate of drug-likeness (QED) is 0.385. The predicted molar refractivity (Wildman–Crippen MR) is 113 cm³/mol. The van der Waals surface area contributed by atoms with Crippen molar-refractivity contribution in [1.29, 1.82) is 0 Å². The molecule has 0 spiro atoms. The molecule has 0 amide bonds. The molecule has 0 radical (unpaired) electrons. The molecule has 0 bridgehead atoms. The summed E-state index contributed by atoms with van der Waals surface area (Å²) in [6, 6.07) is 33.9. The van der Waals surface area contributed by atoms with Crippen LogP contribution >= 0.6 is 0 Å². The van der Waals surface area contributed by atoms with Gasteiger partial charge in [-0.1, -0.05) is 0 Å².